The molecule has 0 aromatic heterocycles. The summed E-state index contributed by atoms with van der Waals surface area (Å²) in [4.78, 5) is 16.3. The SMILES string of the molecule is CCCCN(C(=O)N1CCCC1)C1CC1. The van der Waals surface area contributed by atoms with E-state index in [1.165, 1.54) is 32.1 Å². The maximum atomic E-state index is 12.2. The summed E-state index contributed by atoms with van der Waals surface area (Å²) in [7, 11) is 0. The fraction of sp³-hybridized carbons (Fsp3) is 0.917. The minimum Gasteiger partial charge on any atom is -0.325 e. The third kappa shape index (κ3) is 2.64. The Labute approximate surface area is 92.4 Å². The van der Waals surface area contributed by atoms with Gasteiger partial charge in [-0.25, -0.2) is 4.79 Å². The molecule has 2 fully saturated rings. The van der Waals surface area contributed by atoms with Crippen LogP contribution in [0.4, 0.5) is 4.79 Å². The molecule has 3 heteroatoms. The molecule has 3 nitrogen and oxygen atoms in total. The van der Waals surface area contributed by atoms with Gasteiger partial charge in [-0.05, 0) is 32.1 Å². The van der Waals surface area contributed by atoms with Gasteiger partial charge < -0.3 is 9.80 Å². The number of carbonyl (C=O) groups is 1. The number of urea groups is 1. The van der Waals surface area contributed by atoms with E-state index < -0.39 is 0 Å². The fourth-order valence-electron chi connectivity index (χ4n) is 2.24. The van der Waals surface area contributed by atoms with E-state index in [0.717, 1.165) is 26.1 Å². The van der Waals surface area contributed by atoms with Crippen molar-refractivity contribution in [1.82, 2.24) is 9.80 Å². The highest BCUT2D eigenvalue weighted by atomic mass is 16.2. The lowest BCUT2D eigenvalue weighted by Crippen LogP contribution is -2.43. The van der Waals surface area contributed by atoms with Crippen LogP contribution in [-0.4, -0.2) is 41.5 Å². The van der Waals surface area contributed by atoms with Gasteiger partial charge >= 0.3 is 6.03 Å². The first-order valence-corrected chi connectivity index (χ1v) is 6.38. The fourth-order valence-corrected chi connectivity index (χ4v) is 2.24. The number of nitrogens with zero attached hydrogens (tertiary/aromatic N) is 2. The number of likely N-dealkylation sites (tertiary alicyclic amines) is 1. The number of hydrogen-bond donors (Lipinski definition) is 0. The van der Waals surface area contributed by atoms with Gasteiger partial charge in [-0.3, -0.25) is 0 Å². The summed E-state index contributed by atoms with van der Waals surface area (Å²) >= 11 is 0. The zero-order chi connectivity index (χ0) is 10.7. The van der Waals surface area contributed by atoms with Crippen LogP contribution in [-0.2, 0) is 0 Å². The van der Waals surface area contributed by atoms with Gasteiger partial charge in [0, 0.05) is 25.7 Å². The highest BCUT2D eigenvalue weighted by Crippen LogP contribution is 2.28. The van der Waals surface area contributed by atoms with Crippen molar-refractivity contribution >= 4 is 6.03 Å². The van der Waals surface area contributed by atoms with Gasteiger partial charge in [-0.1, -0.05) is 13.3 Å². The summed E-state index contributed by atoms with van der Waals surface area (Å²) in [5.74, 6) is 0. The average Bonchev–Trinajstić information content (AvgIpc) is 2.94. The Morgan fingerprint density at radius 2 is 2.00 bits per heavy atom. The highest BCUT2D eigenvalue weighted by Gasteiger charge is 2.34. The number of carbonyl (C=O) groups excluding carboxylic acids is 1. The Morgan fingerprint density at radius 1 is 1.33 bits per heavy atom. The number of hydrogen-bond acceptors (Lipinski definition) is 1. The van der Waals surface area contributed by atoms with E-state index in [1.807, 2.05) is 4.90 Å². The molecule has 0 atom stereocenters. The van der Waals surface area contributed by atoms with Crippen LogP contribution in [0.3, 0.4) is 0 Å². The molecular formula is C12H22N2O. The minimum atomic E-state index is 0.309. The van der Waals surface area contributed by atoms with Crippen LogP contribution < -0.4 is 0 Å². The van der Waals surface area contributed by atoms with Crippen LogP contribution >= 0.6 is 0 Å². The Morgan fingerprint density at radius 3 is 2.53 bits per heavy atom. The first-order valence-electron chi connectivity index (χ1n) is 6.38. The lowest BCUT2D eigenvalue weighted by Gasteiger charge is -2.27. The van der Waals surface area contributed by atoms with Gasteiger partial charge in [-0.15, -0.1) is 0 Å². The molecule has 0 radical (unpaired) electrons. The molecule has 2 rings (SSSR count). The Kier molecular flexibility index (Phi) is 3.49. The Balaban J connectivity index is 1.87. The number of unbranched alkanes of at least 4 members (excludes halogenated alkanes) is 1. The third-order valence-electron chi connectivity index (χ3n) is 3.36. The molecule has 2 amide bonds. The van der Waals surface area contributed by atoms with Gasteiger partial charge in [0.2, 0.25) is 0 Å². The maximum absolute atomic E-state index is 12.2. The van der Waals surface area contributed by atoms with Crippen molar-refractivity contribution in [3.05, 3.63) is 0 Å². The van der Waals surface area contributed by atoms with Crippen LogP contribution in [0.15, 0.2) is 0 Å². The van der Waals surface area contributed by atoms with Crippen molar-refractivity contribution in [1.29, 1.82) is 0 Å². The maximum Gasteiger partial charge on any atom is 0.320 e. The van der Waals surface area contributed by atoms with E-state index in [9.17, 15) is 4.79 Å². The number of rotatable bonds is 4. The standard InChI is InChI=1S/C12H22N2O/c1-2-3-10-14(11-6-7-11)12(15)13-8-4-5-9-13/h11H,2-10H2,1H3. The van der Waals surface area contributed by atoms with Crippen molar-refractivity contribution in [2.75, 3.05) is 19.6 Å². The molecule has 0 aromatic carbocycles. The van der Waals surface area contributed by atoms with E-state index in [-0.39, 0.29) is 0 Å². The predicted octanol–water partition coefficient (Wildman–Crippen LogP) is 2.47. The van der Waals surface area contributed by atoms with E-state index in [1.54, 1.807) is 0 Å². The van der Waals surface area contributed by atoms with Crippen molar-refractivity contribution in [2.45, 2.75) is 51.5 Å². The van der Waals surface area contributed by atoms with E-state index >= 15 is 0 Å². The molecule has 1 aliphatic carbocycles. The summed E-state index contributed by atoms with van der Waals surface area (Å²) in [5, 5.41) is 0. The molecule has 15 heavy (non-hydrogen) atoms. The molecule has 86 valence electrons. The Hall–Kier alpha value is -0.730. The quantitative estimate of drug-likeness (QED) is 0.699. The van der Waals surface area contributed by atoms with E-state index in [0.29, 0.717) is 12.1 Å². The normalized spacial score (nSPS) is 20.7. The molecule has 0 aromatic rings. The molecule has 0 unspecified atom stereocenters. The van der Waals surface area contributed by atoms with Crippen molar-refractivity contribution < 1.29 is 4.79 Å². The van der Waals surface area contributed by atoms with Crippen LogP contribution in [0.2, 0.25) is 0 Å². The lowest BCUT2D eigenvalue weighted by atomic mass is 10.3. The van der Waals surface area contributed by atoms with Crippen LogP contribution in [0.5, 0.6) is 0 Å². The molecule has 0 spiro atoms. The number of amides is 2. The van der Waals surface area contributed by atoms with Gasteiger partial charge in [0.1, 0.15) is 0 Å². The average molecular weight is 210 g/mol. The van der Waals surface area contributed by atoms with Gasteiger partial charge in [-0.2, -0.15) is 0 Å². The van der Waals surface area contributed by atoms with Crippen molar-refractivity contribution in [3.63, 3.8) is 0 Å². The topological polar surface area (TPSA) is 23.6 Å². The highest BCUT2D eigenvalue weighted by molar-refractivity contribution is 5.75. The smallest absolute Gasteiger partial charge is 0.320 e. The van der Waals surface area contributed by atoms with Gasteiger partial charge in [0.05, 0.1) is 0 Å². The minimum absolute atomic E-state index is 0.309. The van der Waals surface area contributed by atoms with Gasteiger partial charge in [0.25, 0.3) is 0 Å². The van der Waals surface area contributed by atoms with Crippen molar-refractivity contribution in [3.8, 4) is 0 Å². The second-order valence-corrected chi connectivity index (χ2v) is 4.75. The first kappa shape index (κ1) is 10.8. The largest absolute Gasteiger partial charge is 0.325 e. The summed E-state index contributed by atoms with van der Waals surface area (Å²) in [6, 6.07) is 0.883. The summed E-state index contributed by atoms with van der Waals surface area (Å²) in [5.41, 5.74) is 0. The monoisotopic (exact) mass is 210 g/mol. The zero-order valence-electron chi connectivity index (χ0n) is 9.74. The summed E-state index contributed by atoms with van der Waals surface area (Å²) in [6.45, 7) is 5.12. The first-order chi connectivity index (χ1) is 7.33. The Bertz CT molecular complexity index is 220. The third-order valence-corrected chi connectivity index (χ3v) is 3.36. The molecule has 0 N–H and O–H groups in total. The van der Waals surface area contributed by atoms with E-state index in [2.05, 4.69) is 11.8 Å². The molecular weight excluding hydrogens is 188 g/mol. The van der Waals surface area contributed by atoms with Crippen LogP contribution in [0.1, 0.15) is 45.4 Å². The van der Waals surface area contributed by atoms with Crippen LogP contribution in [0.25, 0.3) is 0 Å². The molecule has 2 aliphatic rings. The molecule has 1 saturated carbocycles. The molecule has 1 aliphatic heterocycles. The summed E-state index contributed by atoms with van der Waals surface area (Å²) < 4.78 is 0. The van der Waals surface area contributed by atoms with Crippen molar-refractivity contribution in [2.24, 2.45) is 0 Å². The molecule has 1 saturated heterocycles. The second kappa shape index (κ2) is 4.86. The molecule has 1 heterocycles. The van der Waals surface area contributed by atoms with E-state index in [4.69, 9.17) is 0 Å². The van der Waals surface area contributed by atoms with Gasteiger partial charge in [0.15, 0.2) is 0 Å². The molecule has 0 bridgehead atoms. The summed E-state index contributed by atoms with van der Waals surface area (Å²) in [6.07, 6.45) is 7.16. The second-order valence-electron chi connectivity index (χ2n) is 4.75. The van der Waals surface area contributed by atoms with Crippen LogP contribution in [0, 0.1) is 0 Å². The predicted molar refractivity (Wildman–Crippen MR) is 60.8 cm³/mol. The zero-order valence-corrected chi connectivity index (χ0v) is 9.74. The lowest BCUT2D eigenvalue weighted by molar-refractivity contribution is 0.158.